The normalized spacial score (nSPS) is 11.4. The van der Waals surface area contributed by atoms with E-state index in [1.165, 1.54) is 0 Å². The maximum absolute atomic E-state index is 11.0. The Morgan fingerprint density at radius 2 is 0.543 bits per heavy atom. The first-order chi connectivity index (χ1) is 12.4. The second-order valence-corrected chi connectivity index (χ2v) is 12.9. The molecule has 0 unspecified atom stereocenters. The Kier molecular flexibility index (Phi) is 64.3. The fourth-order valence-electron chi connectivity index (χ4n) is 2.44. The molecule has 35 heavy (non-hydrogen) atoms. The Balaban J connectivity index is -0.000000174. The first kappa shape index (κ1) is 65.4. The monoisotopic (exact) mass is 765 g/mol. The van der Waals surface area contributed by atoms with Gasteiger partial charge < -0.3 is 39.1 Å². The number of hydrogen-bond acceptors (Lipinski definition) is 6. The van der Waals surface area contributed by atoms with E-state index in [-0.39, 0.29) is 373 Å². The molecule has 0 aliphatic heterocycles. The van der Waals surface area contributed by atoms with E-state index in [0.29, 0.717) is 25.7 Å². The van der Waals surface area contributed by atoms with Gasteiger partial charge in [-0.15, -0.1) is 0 Å². The van der Waals surface area contributed by atoms with E-state index < -0.39 is 55.5 Å². The van der Waals surface area contributed by atoms with E-state index in [1.807, 2.05) is 0 Å². The van der Waals surface area contributed by atoms with Crippen molar-refractivity contribution < 1.29 is 57.4 Å². The van der Waals surface area contributed by atoms with Gasteiger partial charge in [0.15, 0.2) is 0 Å². The summed E-state index contributed by atoms with van der Waals surface area (Å²) >= 11 is 0. The van der Waals surface area contributed by atoms with Gasteiger partial charge in [0, 0.05) is 360 Å². The zero-order valence-electron chi connectivity index (χ0n) is 22.0. The van der Waals surface area contributed by atoms with E-state index in [1.54, 1.807) is 0 Å². The van der Waals surface area contributed by atoms with Crippen LogP contribution >= 0.6 is 30.4 Å². The fourth-order valence-corrected chi connectivity index (χ4v) is 5.80. The van der Waals surface area contributed by atoms with E-state index in [2.05, 4.69) is 0 Å². The molecule has 7 radical (unpaired) electrons. The molecule has 0 rings (SSSR count). The number of hydrogen-bond donors (Lipinski definition) is 8. The summed E-state index contributed by atoms with van der Waals surface area (Å²) in [5.41, 5.74) is 0. The van der Waals surface area contributed by atoms with Gasteiger partial charge in [0.25, 0.3) is 0 Å². The summed E-state index contributed by atoms with van der Waals surface area (Å²) in [4.78, 5) is 73.6. The average molecular weight is 766 g/mol. The SMILES string of the molecule is O=P(O)(O)CN(CCCCCCN(CP(=O)(O)O)CP(=O)(O)O)CP(=O)(O)O.[K].[K].[K].[K].[K].[K].[K]. The van der Waals surface area contributed by atoms with Crippen molar-refractivity contribution in [2.24, 2.45) is 0 Å². The van der Waals surface area contributed by atoms with Crippen LogP contribution in [0.5, 0.6) is 0 Å². The van der Waals surface area contributed by atoms with Crippen molar-refractivity contribution in [1.82, 2.24) is 9.80 Å². The van der Waals surface area contributed by atoms with Crippen LogP contribution in [0.25, 0.3) is 0 Å². The Morgan fingerprint density at radius 3 is 0.686 bits per heavy atom. The van der Waals surface area contributed by atoms with Crippen molar-refractivity contribution in [2.45, 2.75) is 25.7 Å². The van der Waals surface area contributed by atoms with Gasteiger partial charge in [-0.05, 0) is 25.9 Å². The van der Waals surface area contributed by atoms with Gasteiger partial charge in [-0.1, -0.05) is 12.8 Å². The predicted octanol–water partition coefficient (Wildman–Crippen LogP) is -2.97. The van der Waals surface area contributed by atoms with Crippen LogP contribution in [0.4, 0.5) is 0 Å². The van der Waals surface area contributed by atoms with Gasteiger partial charge >= 0.3 is 30.4 Å². The van der Waals surface area contributed by atoms with Crippen molar-refractivity contribution in [3.05, 3.63) is 0 Å². The molecule has 0 aliphatic carbocycles. The largest absolute Gasteiger partial charge is 0.339 e. The first-order valence-electron chi connectivity index (χ1n) is 7.99. The van der Waals surface area contributed by atoms with Crippen LogP contribution in [-0.2, 0) is 18.3 Å². The topological polar surface area (TPSA) is 237 Å². The fraction of sp³-hybridized carbons (Fsp3) is 1.00. The van der Waals surface area contributed by atoms with Gasteiger partial charge in [-0.25, -0.2) is 0 Å². The Labute approximate surface area is 504 Å². The molecule has 14 nitrogen and oxygen atoms in total. The third-order valence-corrected chi connectivity index (χ3v) is 6.31. The molecule has 0 fully saturated rings. The molecule has 0 aliphatic rings. The maximum Gasteiger partial charge on any atom is 0.339 e. The molecule has 0 aromatic carbocycles. The Bertz CT molecular complexity index is 572. The molecule has 0 atom stereocenters. The molecule has 0 bridgehead atoms. The summed E-state index contributed by atoms with van der Waals surface area (Å²) in [5.74, 6) is 0. The average Bonchev–Trinajstić information content (AvgIpc) is 2.34. The van der Waals surface area contributed by atoms with Crippen LogP contribution < -0.4 is 0 Å². The van der Waals surface area contributed by atoms with Gasteiger partial charge in [-0.3, -0.25) is 28.1 Å². The second-order valence-electron chi connectivity index (χ2n) is 6.43. The summed E-state index contributed by atoms with van der Waals surface area (Å²) in [6.07, 6.45) is -1.55. The van der Waals surface area contributed by atoms with Crippen molar-refractivity contribution in [3.8, 4) is 0 Å². The van der Waals surface area contributed by atoms with E-state index in [0.717, 1.165) is 9.80 Å². The van der Waals surface area contributed by atoms with Crippen LogP contribution in [0.1, 0.15) is 25.7 Å². The van der Waals surface area contributed by atoms with E-state index >= 15 is 0 Å². The molecule has 0 saturated heterocycles. The molecular formula is C10H28K7N2O12P4. The molecule has 0 aromatic heterocycles. The zero-order chi connectivity index (χ0) is 22.2. The Morgan fingerprint density at radius 1 is 0.371 bits per heavy atom. The number of rotatable bonds is 15. The molecule has 0 heterocycles. The number of nitrogens with zero attached hydrogens (tertiary/aromatic N) is 2. The standard InChI is InChI=1S/C10H28N2O12P4.7K/c13-25(14,15)7-11(8-26(16,17)18)5-3-1-2-4-6-12(9-27(19,20)21)10-28(22,23)24;;;;;;;/h1-10H2,(H2,13,14,15)(H2,16,17,18)(H2,19,20,21)(H2,22,23,24);;;;;;;. The maximum atomic E-state index is 11.0. The van der Waals surface area contributed by atoms with Crippen LogP contribution in [-0.4, -0.2) is 447 Å². The van der Waals surface area contributed by atoms with Gasteiger partial charge in [-0.2, -0.15) is 0 Å². The molecule has 0 spiro atoms. The second kappa shape index (κ2) is 34.4. The van der Waals surface area contributed by atoms with Gasteiger partial charge in [0.05, 0.1) is 0 Å². The summed E-state index contributed by atoms with van der Waals surface area (Å²) in [6.45, 7) is 0.0375. The van der Waals surface area contributed by atoms with E-state index in [9.17, 15) is 18.3 Å². The third-order valence-electron chi connectivity index (χ3n) is 3.24. The van der Waals surface area contributed by atoms with Crippen LogP contribution in [0.15, 0.2) is 0 Å². The number of unbranched alkanes of at least 4 members (excludes halogenated alkanes) is 3. The van der Waals surface area contributed by atoms with Gasteiger partial charge in [0.2, 0.25) is 0 Å². The molecular weight excluding hydrogens is 738 g/mol. The smallest absolute Gasteiger partial charge is 0.324 e. The van der Waals surface area contributed by atoms with Crippen molar-refractivity contribution >= 4 is 390 Å². The third kappa shape index (κ3) is 53.0. The van der Waals surface area contributed by atoms with E-state index in [4.69, 9.17) is 39.1 Å². The first-order valence-corrected chi connectivity index (χ1v) is 15.2. The summed E-state index contributed by atoms with van der Waals surface area (Å²) in [5, 5.41) is 0. The quantitative estimate of drug-likeness (QED) is 0.0473. The van der Waals surface area contributed by atoms with Crippen LogP contribution in [0.3, 0.4) is 0 Å². The zero-order valence-corrected chi connectivity index (χ0v) is 47.4. The molecule has 0 aromatic rings. The molecule has 8 N–H and O–H groups in total. The van der Waals surface area contributed by atoms with Gasteiger partial charge in [0.1, 0.15) is 25.1 Å². The molecule has 177 valence electrons. The summed E-state index contributed by atoms with van der Waals surface area (Å²) in [6, 6.07) is 0. The van der Waals surface area contributed by atoms with Crippen molar-refractivity contribution in [2.75, 3.05) is 38.2 Å². The van der Waals surface area contributed by atoms with Crippen molar-refractivity contribution in [3.63, 3.8) is 0 Å². The summed E-state index contributed by atoms with van der Waals surface area (Å²) < 4.78 is 44.1. The predicted molar refractivity (Wildman–Crippen MR) is 140 cm³/mol. The van der Waals surface area contributed by atoms with Crippen LogP contribution in [0, 0.1) is 0 Å². The minimum atomic E-state index is -4.49. The van der Waals surface area contributed by atoms with Crippen molar-refractivity contribution in [1.29, 1.82) is 0 Å². The molecule has 25 heteroatoms. The molecule has 0 saturated carbocycles. The van der Waals surface area contributed by atoms with Crippen LogP contribution in [0.2, 0.25) is 0 Å². The summed E-state index contributed by atoms with van der Waals surface area (Å²) in [7, 11) is -18.0. The minimum Gasteiger partial charge on any atom is -0.324 e. The molecule has 0 amide bonds. The minimum absolute atomic E-state index is 0. The Hall–Kier alpha value is 12.0.